The number of ether oxygens (including phenoxy) is 1. The van der Waals surface area contributed by atoms with E-state index in [1.807, 2.05) is 17.7 Å². The van der Waals surface area contributed by atoms with E-state index < -0.39 is 0 Å². The second kappa shape index (κ2) is 5.46. The van der Waals surface area contributed by atoms with Crippen LogP contribution in [-0.2, 0) is 11.3 Å². The predicted octanol–water partition coefficient (Wildman–Crippen LogP) is 1.21. The van der Waals surface area contributed by atoms with Gasteiger partial charge in [-0.25, -0.2) is 0 Å². The summed E-state index contributed by atoms with van der Waals surface area (Å²) in [6, 6.07) is 2.53. The molecule has 0 aromatic carbocycles. The topological polar surface area (TPSA) is 39.1 Å². The third-order valence-corrected chi connectivity index (χ3v) is 3.16. The predicted molar refractivity (Wildman–Crippen MR) is 63.4 cm³/mol. The molecule has 2 atom stereocenters. The molecule has 1 fully saturated rings. The van der Waals surface area contributed by atoms with Crippen LogP contribution in [0.1, 0.15) is 19.0 Å². The summed E-state index contributed by atoms with van der Waals surface area (Å²) in [6.07, 6.45) is 3.22. The zero-order chi connectivity index (χ0) is 11.4. The molecule has 0 amide bonds. The van der Waals surface area contributed by atoms with Gasteiger partial charge in [0.2, 0.25) is 0 Å². The van der Waals surface area contributed by atoms with Crippen molar-refractivity contribution in [2.24, 2.45) is 5.92 Å². The van der Waals surface area contributed by atoms with Crippen LogP contribution < -0.4 is 5.32 Å². The summed E-state index contributed by atoms with van der Waals surface area (Å²) in [5.74, 6) is 0.629. The van der Waals surface area contributed by atoms with Crippen LogP contribution in [0.5, 0.6) is 0 Å². The van der Waals surface area contributed by atoms with Crippen LogP contribution in [0.25, 0.3) is 0 Å². The molecular weight excluding hydrogens is 202 g/mol. The lowest BCUT2D eigenvalue weighted by Crippen LogP contribution is -2.40. The van der Waals surface area contributed by atoms with Gasteiger partial charge in [-0.15, -0.1) is 0 Å². The second-order valence-corrected chi connectivity index (χ2v) is 4.47. The molecule has 16 heavy (non-hydrogen) atoms. The van der Waals surface area contributed by atoms with Crippen molar-refractivity contribution in [3.05, 3.63) is 18.0 Å². The van der Waals surface area contributed by atoms with Gasteiger partial charge in [0.25, 0.3) is 0 Å². The molecule has 0 spiro atoms. The number of likely N-dealkylation sites (N-methyl/N-ethyl adjacent to an activating group) is 1. The highest BCUT2D eigenvalue weighted by molar-refractivity contribution is 4.95. The molecule has 4 heteroatoms. The molecule has 1 N–H and O–H groups in total. The molecule has 1 aliphatic rings. The molecule has 0 bridgehead atoms. The van der Waals surface area contributed by atoms with E-state index in [9.17, 15) is 0 Å². The Morgan fingerprint density at radius 2 is 2.56 bits per heavy atom. The highest BCUT2D eigenvalue weighted by Crippen LogP contribution is 2.18. The van der Waals surface area contributed by atoms with Crippen molar-refractivity contribution in [1.29, 1.82) is 0 Å². The Morgan fingerprint density at radius 1 is 1.69 bits per heavy atom. The number of aromatic nitrogens is 2. The van der Waals surface area contributed by atoms with Gasteiger partial charge in [-0.2, -0.15) is 5.10 Å². The molecule has 2 unspecified atom stereocenters. The van der Waals surface area contributed by atoms with Gasteiger partial charge in [-0.3, -0.25) is 4.68 Å². The van der Waals surface area contributed by atoms with E-state index in [4.69, 9.17) is 4.74 Å². The van der Waals surface area contributed by atoms with Crippen molar-refractivity contribution in [1.82, 2.24) is 15.1 Å². The fourth-order valence-electron chi connectivity index (χ4n) is 2.28. The molecule has 1 aliphatic heterocycles. The molecule has 0 radical (unpaired) electrons. The molecule has 2 rings (SSSR count). The summed E-state index contributed by atoms with van der Waals surface area (Å²) in [5, 5.41) is 7.98. The average molecular weight is 223 g/mol. The van der Waals surface area contributed by atoms with Crippen LogP contribution in [0, 0.1) is 12.8 Å². The van der Waals surface area contributed by atoms with E-state index in [2.05, 4.69) is 23.5 Å². The van der Waals surface area contributed by atoms with Gasteiger partial charge < -0.3 is 10.1 Å². The molecule has 4 nitrogen and oxygen atoms in total. The zero-order valence-corrected chi connectivity index (χ0v) is 10.1. The van der Waals surface area contributed by atoms with E-state index in [1.165, 1.54) is 0 Å². The van der Waals surface area contributed by atoms with Gasteiger partial charge in [0, 0.05) is 24.8 Å². The van der Waals surface area contributed by atoms with Gasteiger partial charge in [0.1, 0.15) is 0 Å². The monoisotopic (exact) mass is 223 g/mol. The first-order chi connectivity index (χ1) is 7.79. The van der Waals surface area contributed by atoms with Crippen molar-refractivity contribution in [3.8, 4) is 0 Å². The second-order valence-electron chi connectivity index (χ2n) is 4.47. The summed E-state index contributed by atoms with van der Waals surface area (Å²) in [4.78, 5) is 0. The third-order valence-electron chi connectivity index (χ3n) is 3.16. The van der Waals surface area contributed by atoms with Gasteiger partial charge in [0.05, 0.1) is 18.8 Å². The van der Waals surface area contributed by atoms with Crippen molar-refractivity contribution in [2.75, 3.05) is 19.8 Å². The first kappa shape index (κ1) is 11.6. The van der Waals surface area contributed by atoms with Crippen molar-refractivity contribution in [3.63, 3.8) is 0 Å². The molecule has 1 aromatic rings. The zero-order valence-electron chi connectivity index (χ0n) is 10.1. The molecular formula is C12H21N3O. The van der Waals surface area contributed by atoms with Crippen LogP contribution >= 0.6 is 0 Å². The molecule has 0 aliphatic carbocycles. The lowest BCUT2D eigenvalue weighted by Gasteiger charge is -2.23. The third kappa shape index (κ3) is 2.83. The summed E-state index contributed by atoms with van der Waals surface area (Å²) >= 11 is 0. The van der Waals surface area contributed by atoms with Gasteiger partial charge in [0.15, 0.2) is 0 Å². The number of rotatable bonds is 5. The summed E-state index contributed by atoms with van der Waals surface area (Å²) < 4.78 is 7.49. The first-order valence-corrected chi connectivity index (χ1v) is 6.10. The highest BCUT2D eigenvalue weighted by atomic mass is 16.5. The first-order valence-electron chi connectivity index (χ1n) is 6.10. The number of aryl methyl sites for hydroxylation is 1. The lowest BCUT2D eigenvalue weighted by atomic mass is 9.99. The minimum Gasteiger partial charge on any atom is -0.381 e. The fourth-order valence-corrected chi connectivity index (χ4v) is 2.28. The Labute approximate surface area is 97.0 Å². The van der Waals surface area contributed by atoms with Crippen molar-refractivity contribution in [2.45, 2.75) is 32.9 Å². The van der Waals surface area contributed by atoms with Crippen molar-refractivity contribution >= 4 is 0 Å². The highest BCUT2D eigenvalue weighted by Gasteiger charge is 2.25. The van der Waals surface area contributed by atoms with Crippen LogP contribution in [0.2, 0.25) is 0 Å². The van der Waals surface area contributed by atoms with Gasteiger partial charge in [-0.1, -0.05) is 6.92 Å². The van der Waals surface area contributed by atoms with E-state index in [-0.39, 0.29) is 0 Å². The van der Waals surface area contributed by atoms with Crippen LogP contribution in [0.15, 0.2) is 12.3 Å². The number of hydrogen-bond donors (Lipinski definition) is 1. The van der Waals surface area contributed by atoms with Crippen molar-refractivity contribution < 1.29 is 4.74 Å². The van der Waals surface area contributed by atoms with Crippen LogP contribution in [0.3, 0.4) is 0 Å². The smallest absolute Gasteiger partial charge is 0.0593 e. The van der Waals surface area contributed by atoms with E-state index >= 15 is 0 Å². The average Bonchev–Trinajstić information content (AvgIpc) is 2.88. The Hall–Kier alpha value is -0.870. The summed E-state index contributed by atoms with van der Waals surface area (Å²) in [5.41, 5.74) is 1.08. The van der Waals surface area contributed by atoms with Crippen LogP contribution in [-0.4, -0.2) is 35.6 Å². The van der Waals surface area contributed by atoms with E-state index in [1.54, 1.807) is 0 Å². The molecule has 0 saturated carbocycles. The summed E-state index contributed by atoms with van der Waals surface area (Å²) in [6.45, 7) is 7.91. The molecule has 90 valence electrons. The Bertz CT molecular complexity index is 318. The number of hydrogen-bond acceptors (Lipinski definition) is 3. The largest absolute Gasteiger partial charge is 0.381 e. The van der Waals surface area contributed by atoms with E-state index in [0.29, 0.717) is 12.0 Å². The SMILES string of the molecule is CCNC(Cn1ccc(C)n1)C1CCOC1. The number of nitrogens with zero attached hydrogens (tertiary/aromatic N) is 2. The normalized spacial score (nSPS) is 22.5. The van der Waals surface area contributed by atoms with Gasteiger partial charge in [-0.05, 0) is 26.0 Å². The maximum Gasteiger partial charge on any atom is 0.0593 e. The molecule has 1 saturated heterocycles. The maximum atomic E-state index is 5.46. The molecule has 1 aromatic heterocycles. The van der Waals surface area contributed by atoms with Crippen LogP contribution in [0.4, 0.5) is 0 Å². The van der Waals surface area contributed by atoms with E-state index in [0.717, 1.165) is 38.4 Å². The quantitative estimate of drug-likeness (QED) is 0.815. The lowest BCUT2D eigenvalue weighted by molar-refractivity contribution is 0.173. The van der Waals surface area contributed by atoms with Gasteiger partial charge >= 0.3 is 0 Å². The summed E-state index contributed by atoms with van der Waals surface area (Å²) in [7, 11) is 0. The number of nitrogens with one attached hydrogen (secondary N) is 1. The minimum atomic E-state index is 0.479. The maximum absolute atomic E-state index is 5.46. The fraction of sp³-hybridized carbons (Fsp3) is 0.750. The molecule has 2 heterocycles. The standard InChI is InChI=1S/C12H21N3O/c1-3-13-12(11-5-7-16-9-11)8-15-6-4-10(2)14-15/h4,6,11-13H,3,5,7-9H2,1-2H3. The minimum absolute atomic E-state index is 0.479. The Morgan fingerprint density at radius 3 is 3.12 bits per heavy atom. The Kier molecular flexibility index (Phi) is 3.96. The Balaban J connectivity index is 1.96.